The first-order valence-corrected chi connectivity index (χ1v) is 14.4. The molecule has 224 valence electrons. The third-order valence-corrected chi connectivity index (χ3v) is 7.52. The largest absolute Gasteiger partial charge is 0.484 e. The van der Waals surface area contributed by atoms with Crippen molar-refractivity contribution in [2.75, 3.05) is 13.2 Å². The van der Waals surface area contributed by atoms with Gasteiger partial charge in [-0.05, 0) is 48.9 Å². The van der Waals surface area contributed by atoms with Gasteiger partial charge in [-0.1, -0.05) is 56.3 Å². The van der Waals surface area contributed by atoms with Crippen LogP contribution < -0.4 is 26.0 Å². The molecule has 2 aromatic rings. The van der Waals surface area contributed by atoms with Gasteiger partial charge >= 0.3 is 0 Å². The highest BCUT2D eigenvalue weighted by Crippen LogP contribution is 2.21. The molecule has 2 aromatic carbocycles. The highest BCUT2D eigenvalue weighted by molar-refractivity contribution is 5.96. The minimum atomic E-state index is -0.960. The van der Waals surface area contributed by atoms with E-state index in [1.54, 1.807) is 31.2 Å². The number of hydrogen-bond donors (Lipinski definition) is 4. The Labute approximate surface area is 245 Å². The van der Waals surface area contributed by atoms with Gasteiger partial charge in [0.25, 0.3) is 5.91 Å². The number of fused-ring (bicyclic) bond motifs is 13. The van der Waals surface area contributed by atoms with E-state index < -0.39 is 41.9 Å². The van der Waals surface area contributed by atoms with Gasteiger partial charge in [0.15, 0.2) is 6.61 Å². The van der Waals surface area contributed by atoms with Crippen molar-refractivity contribution in [2.45, 2.75) is 70.7 Å². The Hall–Kier alpha value is -4.41. The van der Waals surface area contributed by atoms with Crippen LogP contribution in [0.1, 0.15) is 44.7 Å². The lowest BCUT2D eigenvalue weighted by Gasteiger charge is -2.31. The zero-order chi connectivity index (χ0) is 30.2. The van der Waals surface area contributed by atoms with Gasteiger partial charge < -0.3 is 30.9 Å². The molecule has 5 amide bonds. The summed E-state index contributed by atoms with van der Waals surface area (Å²) in [5, 5.41) is 11.1. The van der Waals surface area contributed by atoms with Crippen molar-refractivity contribution in [1.82, 2.24) is 26.2 Å². The van der Waals surface area contributed by atoms with Crippen molar-refractivity contribution in [3.8, 4) is 5.75 Å². The maximum Gasteiger partial charge on any atom is 0.258 e. The molecule has 3 aliphatic heterocycles. The van der Waals surface area contributed by atoms with Crippen molar-refractivity contribution in [3.63, 3.8) is 0 Å². The molecule has 2 bridgehead atoms. The third kappa shape index (κ3) is 7.86. The topological polar surface area (TPSA) is 146 Å². The van der Waals surface area contributed by atoms with Crippen molar-refractivity contribution in [3.05, 3.63) is 65.7 Å². The summed E-state index contributed by atoms with van der Waals surface area (Å²) in [7, 11) is 0. The minimum absolute atomic E-state index is 0.189. The summed E-state index contributed by atoms with van der Waals surface area (Å²) in [5.74, 6) is -1.96. The first kappa shape index (κ1) is 30.5. The molecule has 4 atom stereocenters. The first-order valence-electron chi connectivity index (χ1n) is 14.4. The molecule has 0 aliphatic carbocycles. The number of hydrogen-bond acceptors (Lipinski definition) is 6. The lowest BCUT2D eigenvalue weighted by atomic mass is 10.0. The van der Waals surface area contributed by atoms with E-state index in [0.717, 1.165) is 11.1 Å². The Kier molecular flexibility index (Phi) is 10.2. The number of rotatable bonds is 4. The number of nitrogens with one attached hydrogen (secondary N) is 4. The number of carbonyl (C=O) groups excluding carboxylic acids is 5. The summed E-state index contributed by atoms with van der Waals surface area (Å²) in [6.45, 7) is 5.54. The normalized spacial score (nSPS) is 24.0. The highest BCUT2D eigenvalue weighted by Gasteiger charge is 2.39. The van der Waals surface area contributed by atoms with E-state index in [-0.39, 0.29) is 37.3 Å². The highest BCUT2D eigenvalue weighted by atomic mass is 16.5. The van der Waals surface area contributed by atoms with E-state index in [1.165, 1.54) is 4.90 Å². The molecule has 0 spiro atoms. The van der Waals surface area contributed by atoms with E-state index in [9.17, 15) is 24.0 Å². The fourth-order valence-corrected chi connectivity index (χ4v) is 5.11. The molecule has 1 saturated heterocycles. The molecule has 3 aliphatic rings. The van der Waals surface area contributed by atoms with Gasteiger partial charge in [0.1, 0.15) is 29.9 Å². The quantitative estimate of drug-likeness (QED) is 0.428. The average molecular weight is 578 g/mol. The van der Waals surface area contributed by atoms with Crippen LogP contribution in [0.5, 0.6) is 5.75 Å². The monoisotopic (exact) mass is 577 g/mol. The van der Waals surface area contributed by atoms with Crippen LogP contribution in [-0.4, -0.2) is 71.8 Å². The van der Waals surface area contributed by atoms with E-state index in [2.05, 4.69) is 21.3 Å². The van der Waals surface area contributed by atoms with Crippen molar-refractivity contribution in [2.24, 2.45) is 5.92 Å². The number of benzene rings is 2. The molecule has 1 fully saturated rings. The second-order valence-electron chi connectivity index (χ2n) is 11.1. The lowest BCUT2D eigenvalue weighted by molar-refractivity contribution is -0.143. The van der Waals surface area contributed by atoms with Crippen LogP contribution in [0.15, 0.2) is 54.6 Å². The standard InChI is InChI=1S/C31H39N5O6/c1-19(2)27-31(41)36-15-7-10-25(36)30(40)33-20(3)28(38)34-24(29(39)32-17-22-8-5-4-6-9-22)16-21-11-13-23(14-12-21)42-18-26(37)35-27/h4-6,8-9,11-14,19-20,24-25,27H,7,10,15-18H2,1-3H3,(H,32,39)(H,33,40)(H,34,38)(H,35,37)/t20-,24+,25-,27+/m0/s1. The summed E-state index contributed by atoms with van der Waals surface area (Å²) in [5.41, 5.74) is 1.67. The van der Waals surface area contributed by atoms with Gasteiger partial charge in [-0.25, -0.2) is 0 Å². The third-order valence-electron chi connectivity index (χ3n) is 7.52. The van der Waals surface area contributed by atoms with Crippen LogP contribution in [0.25, 0.3) is 0 Å². The smallest absolute Gasteiger partial charge is 0.258 e. The van der Waals surface area contributed by atoms with Crippen LogP contribution >= 0.6 is 0 Å². The van der Waals surface area contributed by atoms with Gasteiger partial charge in [-0.3, -0.25) is 24.0 Å². The molecule has 5 rings (SSSR count). The zero-order valence-electron chi connectivity index (χ0n) is 24.2. The van der Waals surface area contributed by atoms with E-state index >= 15 is 0 Å². The summed E-state index contributed by atoms with van der Waals surface area (Å²) in [4.78, 5) is 67.4. The molecule has 0 aromatic heterocycles. The maximum absolute atomic E-state index is 13.5. The Morgan fingerprint density at radius 3 is 2.38 bits per heavy atom. The minimum Gasteiger partial charge on any atom is -0.484 e. The van der Waals surface area contributed by atoms with Gasteiger partial charge in [0.2, 0.25) is 23.6 Å². The molecule has 3 heterocycles. The Morgan fingerprint density at radius 2 is 1.69 bits per heavy atom. The molecule has 42 heavy (non-hydrogen) atoms. The Balaban J connectivity index is 1.57. The summed E-state index contributed by atoms with van der Waals surface area (Å²) < 4.78 is 5.65. The van der Waals surface area contributed by atoms with Crippen LogP contribution in [-0.2, 0) is 36.9 Å². The predicted molar refractivity (Wildman–Crippen MR) is 155 cm³/mol. The number of nitrogens with zero attached hydrogens (tertiary/aromatic N) is 1. The molecule has 11 nitrogen and oxygen atoms in total. The van der Waals surface area contributed by atoms with Crippen molar-refractivity contribution < 1.29 is 28.7 Å². The average Bonchev–Trinajstić information content (AvgIpc) is 3.48. The molecule has 4 N–H and O–H groups in total. The fraction of sp³-hybridized carbons (Fsp3) is 0.452. The first-order chi connectivity index (χ1) is 20.1. The predicted octanol–water partition coefficient (Wildman–Crippen LogP) is 1.06. The van der Waals surface area contributed by atoms with E-state index in [1.807, 2.05) is 44.2 Å². The summed E-state index contributed by atoms with van der Waals surface area (Å²) in [6, 6.07) is 12.8. The second-order valence-corrected chi connectivity index (χ2v) is 11.1. The Morgan fingerprint density at radius 1 is 0.976 bits per heavy atom. The van der Waals surface area contributed by atoms with Gasteiger partial charge in [-0.15, -0.1) is 0 Å². The molecule has 0 saturated carbocycles. The van der Waals surface area contributed by atoms with E-state index in [4.69, 9.17) is 4.74 Å². The lowest BCUT2D eigenvalue weighted by Crippen LogP contribution is -2.58. The fourth-order valence-electron chi connectivity index (χ4n) is 5.11. The van der Waals surface area contributed by atoms with Crippen LogP contribution in [0, 0.1) is 5.92 Å². The molecule has 11 heteroatoms. The SMILES string of the molecule is CC(C)[C@H]1NC(=O)COc2ccc(cc2)C[C@H](C(=O)NCc2ccccc2)NC(=O)[C@H](C)NC(=O)[C@@H]2CCCN2C1=O. The van der Waals surface area contributed by atoms with E-state index in [0.29, 0.717) is 25.1 Å². The molecule has 0 radical (unpaired) electrons. The van der Waals surface area contributed by atoms with Crippen molar-refractivity contribution >= 4 is 29.5 Å². The molecule has 0 unspecified atom stereocenters. The van der Waals surface area contributed by atoms with Crippen LogP contribution in [0.4, 0.5) is 0 Å². The summed E-state index contributed by atoms with van der Waals surface area (Å²) in [6.07, 6.45) is 1.24. The second kappa shape index (κ2) is 14.0. The Bertz CT molecular complexity index is 1280. The number of carbonyl (C=O) groups is 5. The van der Waals surface area contributed by atoms with Crippen LogP contribution in [0.3, 0.4) is 0 Å². The van der Waals surface area contributed by atoms with Gasteiger partial charge in [0, 0.05) is 19.5 Å². The summed E-state index contributed by atoms with van der Waals surface area (Å²) >= 11 is 0. The van der Waals surface area contributed by atoms with Crippen LogP contribution in [0.2, 0.25) is 0 Å². The number of amides is 5. The number of ether oxygens (including phenoxy) is 1. The van der Waals surface area contributed by atoms with Gasteiger partial charge in [0.05, 0.1) is 0 Å². The van der Waals surface area contributed by atoms with Gasteiger partial charge in [-0.2, -0.15) is 0 Å². The zero-order valence-corrected chi connectivity index (χ0v) is 24.2. The maximum atomic E-state index is 13.5. The van der Waals surface area contributed by atoms with Crippen molar-refractivity contribution in [1.29, 1.82) is 0 Å². The molecular formula is C31H39N5O6. The molecular weight excluding hydrogens is 538 g/mol.